The third kappa shape index (κ3) is 1.83. The third-order valence-electron chi connectivity index (χ3n) is 2.38. The molecule has 0 aliphatic carbocycles. The van der Waals surface area contributed by atoms with E-state index in [4.69, 9.17) is 5.73 Å². The molecule has 84 valence electrons. The molecule has 0 aliphatic heterocycles. The van der Waals surface area contributed by atoms with Gasteiger partial charge in [0.1, 0.15) is 5.01 Å². The van der Waals surface area contributed by atoms with Crippen LogP contribution in [0.25, 0.3) is 21.3 Å². The first-order valence-corrected chi connectivity index (χ1v) is 5.69. The Morgan fingerprint density at radius 2 is 2.00 bits per heavy atom. The monoisotopic (exact) mass is 246 g/mol. The molecule has 1 aromatic carbocycles. The van der Waals surface area contributed by atoms with Crippen molar-refractivity contribution in [3.05, 3.63) is 36.4 Å². The number of nitrogen functional groups attached to an aromatic ring is 1. The summed E-state index contributed by atoms with van der Waals surface area (Å²) in [6.07, 6.45) is 1.50. The van der Waals surface area contributed by atoms with Gasteiger partial charge in [-0.3, -0.25) is 0 Å². The topological polar surface area (TPSA) is 64.7 Å². The maximum atomic E-state index is 13.0. The highest BCUT2D eigenvalue weighted by Crippen LogP contribution is 2.27. The van der Waals surface area contributed by atoms with Gasteiger partial charge in [0.15, 0.2) is 0 Å². The summed E-state index contributed by atoms with van der Waals surface area (Å²) in [7, 11) is 0. The third-order valence-corrected chi connectivity index (χ3v) is 3.18. The van der Waals surface area contributed by atoms with E-state index in [0.29, 0.717) is 5.13 Å². The van der Waals surface area contributed by atoms with Crippen LogP contribution < -0.4 is 5.73 Å². The Morgan fingerprint density at radius 1 is 1.12 bits per heavy atom. The molecule has 0 atom stereocenters. The number of hydrogen-bond donors (Lipinski definition) is 1. The Bertz CT molecular complexity index is 695. The second-order valence-electron chi connectivity index (χ2n) is 3.51. The highest BCUT2D eigenvalue weighted by atomic mass is 32.1. The zero-order chi connectivity index (χ0) is 11.8. The van der Waals surface area contributed by atoms with Gasteiger partial charge in [-0.25, -0.2) is 4.98 Å². The van der Waals surface area contributed by atoms with E-state index in [9.17, 15) is 4.39 Å². The molecule has 0 radical (unpaired) electrons. The van der Waals surface area contributed by atoms with E-state index in [1.807, 2.05) is 18.2 Å². The first kappa shape index (κ1) is 10.1. The Morgan fingerprint density at radius 3 is 2.76 bits per heavy atom. The maximum Gasteiger partial charge on any atom is 0.213 e. The molecule has 3 rings (SSSR count). The van der Waals surface area contributed by atoms with Gasteiger partial charge in [0.25, 0.3) is 0 Å². The van der Waals surface area contributed by atoms with Crippen molar-refractivity contribution >= 4 is 27.2 Å². The molecular weight excluding hydrogens is 239 g/mol. The molecule has 0 amide bonds. The lowest BCUT2D eigenvalue weighted by Gasteiger charge is -1.99. The molecular formula is C11H7FN4S. The summed E-state index contributed by atoms with van der Waals surface area (Å²) in [5.74, 6) is -0.494. The summed E-state index contributed by atoms with van der Waals surface area (Å²) < 4.78 is 13.0. The molecule has 2 N–H and O–H groups in total. The van der Waals surface area contributed by atoms with Crippen LogP contribution in [0.3, 0.4) is 0 Å². The molecule has 6 heteroatoms. The van der Waals surface area contributed by atoms with Crippen molar-refractivity contribution in [1.82, 2.24) is 15.2 Å². The van der Waals surface area contributed by atoms with Crippen LogP contribution in [0.4, 0.5) is 9.52 Å². The number of aromatic nitrogens is 3. The number of fused-ring (bicyclic) bond motifs is 1. The first-order valence-electron chi connectivity index (χ1n) is 4.87. The highest BCUT2D eigenvalue weighted by molar-refractivity contribution is 7.18. The molecule has 17 heavy (non-hydrogen) atoms. The summed E-state index contributed by atoms with van der Waals surface area (Å²) in [5.41, 5.74) is 6.40. The molecule has 2 heterocycles. The SMILES string of the molecule is Nc1nnc(-c2ccc3cnc(F)cc3c2)s1. The molecule has 0 fully saturated rings. The highest BCUT2D eigenvalue weighted by Gasteiger charge is 2.06. The Balaban J connectivity index is 2.18. The van der Waals surface area contributed by atoms with Crippen molar-refractivity contribution in [2.75, 3.05) is 5.73 Å². The van der Waals surface area contributed by atoms with Crippen molar-refractivity contribution < 1.29 is 4.39 Å². The van der Waals surface area contributed by atoms with Gasteiger partial charge in [-0.15, -0.1) is 10.2 Å². The number of nitrogens with two attached hydrogens (primary N) is 1. The Hall–Kier alpha value is -2.08. The summed E-state index contributed by atoms with van der Waals surface area (Å²) in [5, 5.41) is 10.5. The number of halogens is 1. The van der Waals surface area contributed by atoms with Gasteiger partial charge in [-0.2, -0.15) is 4.39 Å². The van der Waals surface area contributed by atoms with E-state index in [2.05, 4.69) is 15.2 Å². The van der Waals surface area contributed by atoms with Gasteiger partial charge in [0, 0.05) is 23.2 Å². The largest absolute Gasteiger partial charge is 0.374 e. The molecule has 0 bridgehead atoms. The van der Waals surface area contributed by atoms with Crippen molar-refractivity contribution in [3.63, 3.8) is 0 Å². The second-order valence-corrected chi connectivity index (χ2v) is 4.52. The quantitative estimate of drug-likeness (QED) is 0.670. The Kier molecular flexibility index (Phi) is 2.22. The fourth-order valence-electron chi connectivity index (χ4n) is 1.60. The van der Waals surface area contributed by atoms with Crippen molar-refractivity contribution in [2.24, 2.45) is 0 Å². The van der Waals surface area contributed by atoms with Crippen LogP contribution in [0.15, 0.2) is 30.5 Å². The lowest BCUT2D eigenvalue weighted by molar-refractivity contribution is 0.586. The van der Waals surface area contributed by atoms with Crippen molar-refractivity contribution in [1.29, 1.82) is 0 Å². The summed E-state index contributed by atoms with van der Waals surface area (Å²) >= 11 is 1.30. The van der Waals surface area contributed by atoms with Crippen LogP contribution >= 0.6 is 11.3 Å². The summed E-state index contributed by atoms with van der Waals surface area (Å²) in [6.45, 7) is 0. The van der Waals surface area contributed by atoms with Crippen LogP contribution in [0.5, 0.6) is 0 Å². The summed E-state index contributed by atoms with van der Waals surface area (Å²) in [6, 6.07) is 7.00. The molecule has 3 aromatic rings. The molecule has 0 aliphatic rings. The van der Waals surface area contributed by atoms with E-state index in [1.165, 1.54) is 23.6 Å². The smallest absolute Gasteiger partial charge is 0.213 e. The van der Waals surface area contributed by atoms with Gasteiger partial charge in [-0.1, -0.05) is 23.5 Å². The number of benzene rings is 1. The fourth-order valence-corrected chi connectivity index (χ4v) is 2.20. The number of anilines is 1. The minimum absolute atomic E-state index is 0.418. The van der Waals surface area contributed by atoms with Gasteiger partial charge in [-0.05, 0) is 11.5 Å². The van der Waals surface area contributed by atoms with Crippen molar-refractivity contribution in [3.8, 4) is 10.6 Å². The fraction of sp³-hybridized carbons (Fsp3) is 0. The van der Waals surface area contributed by atoms with Crippen LogP contribution in [0.2, 0.25) is 0 Å². The summed E-state index contributed by atoms with van der Waals surface area (Å²) in [4.78, 5) is 3.60. The molecule has 0 saturated heterocycles. The van der Waals surface area contributed by atoms with E-state index >= 15 is 0 Å². The van der Waals surface area contributed by atoms with E-state index < -0.39 is 5.95 Å². The van der Waals surface area contributed by atoms with E-state index in [0.717, 1.165) is 21.3 Å². The predicted molar refractivity (Wildman–Crippen MR) is 65.0 cm³/mol. The number of hydrogen-bond acceptors (Lipinski definition) is 5. The van der Waals surface area contributed by atoms with Gasteiger partial charge in [0.05, 0.1) is 0 Å². The van der Waals surface area contributed by atoms with Crippen molar-refractivity contribution in [2.45, 2.75) is 0 Å². The maximum absolute atomic E-state index is 13.0. The van der Waals surface area contributed by atoms with Crippen LogP contribution in [-0.4, -0.2) is 15.2 Å². The normalized spacial score (nSPS) is 10.9. The lowest BCUT2D eigenvalue weighted by Crippen LogP contribution is -1.83. The predicted octanol–water partition coefficient (Wildman–Crippen LogP) is 2.47. The average molecular weight is 246 g/mol. The van der Waals surface area contributed by atoms with Gasteiger partial charge < -0.3 is 5.73 Å². The molecule has 0 spiro atoms. The second kappa shape index (κ2) is 3.74. The first-order chi connectivity index (χ1) is 8.22. The van der Waals surface area contributed by atoms with Crippen LogP contribution in [0.1, 0.15) is 0 Å². The Labute approximate surface area is 99.9 Å². The molecule has 0 saturated carbocycles. The lowest BCUT2D eigenvalue weighted by atomic mass is 10.1. The zero-order valence-electron chi connectivity index (χ0n) is 8.59. The van der Waals surface area contributed by atoms with E-state index in [-0.39, 0.29) is 0 Å². The zero-order valence-corrected chi connectivity index (χ0v) is 9.41. The number of nitrogens with zero attached hydrogens (tertiary/aromatic N) is 3. The van der Waals surface area contributed by atoms with Crippen LogP contribution in [0, 0.1) is 5.95 Å². The minimum atomic E-state index is -0.494. The molecule has 4 nitrogen and oxygen atoms in total. The molecule has 2 aromatic heterocycles. The van der Waals surface area contributed by atoms with E-state index in [1.54, 1.807) is 0 Å². The molecule has 0 unspecified atom stereocenters. The standard InChI is InChI=1S/C11H7FN4S/c12-9-4-8-3-6(1-2-7(8)5-14-9)10-15-16-11(13)17-10/h1-5H,(H2,13,16). The van der Waals surface area contributed by atoms with Gasteiger partial charge in [0.2, 0.25) is 11.1 Å². The number of pyridine rings is 1. The van der Waals surface area contributed by atoms with Crippen LogP contribution in [-0.2, 0) is 0 Å². The number of rotatable bonds is 1. The average Bonchev–Trinajstić information content (AvgIpc) is 2.75. The van der Waals surface area contributed by atoms with Gasteiger partial charge >= 0.3 is 0 Å². The minimum Gasteiger partial charge on any atom is -0.374 e.